The molecule has 1 aromatic carbocycles. The van der Waals surface area contributed by atoms with E-state index in [1.54, 1.807) is 23.5 Å². The minimum Gasteiger partial charge on any atom is -0.271 e. The van der Waals surface area contributed by atoms with Crippen LogP contribution in [0.1, 0.15) is 44.7 Å². The largest absolute Gasteiger partial charge is 0.271 e. The van der Waals surface area contributed by atoms with E-state index in [0.717, 1.165) is 10.8 Å². The quantitative estimate of drug-likeness (QED) is 0.807. The van der Waals surface area contributed by atoms with Crippen molar-refractivity contribution in [3.05, 3.63) is 35.4 Å². The Labute approximate surface area is 130 Å². The molecule has 0 aliphatic carbocycles. The smallest absolute Gasteiger partial charge is 0.261 e. The van der Waals surface area contributed by atoms with Crippen molar-refractivity contribution in [2.45, 2.75) is 45.3 Å². The minimum atomic E-state index is -0.0556. The molecular weight excluding hydrogens is 286 g/mol. The summed E-state index contributed by atoms with van der Waals surface area (Å²) in [7, 11) is 0. The van der Waals surface area contributed by atoms with Crippen molar-refractivity contribution in [2.24, 2.45) is 4.99 Å². The van der Waals surface area contributed by atoms with E-state index < -0.39 is 0 Å². The molecule has 2 rings (SSSR count). The van der Waals surface area contributed by atoms with Gasteiger partial charge < -0.3 is 0 Å². The molecule has 0 fully saturated rings. The molecule has 1 amide bonds. The molecule has 110 valence electrons. The van der Waals surface area contributed by atoms with E-state index >= 15 is 0 Å². The van der Waals surface area contributed by atoms with Gasteiger partial charge in [0.05, 0.1) is 5.25 Å². The van der Waals surface area contributed by atoms with Gasteiger partial charge in [0, 0.05) is 5.92 Å². The highest BCUT2D eigenvalue weighted by molar-refractivity contribution is 8.39. The number of carbonyl (C=O) groups is 1. The van der Waals surface area contributed by atoms with Crippen molar-refractivity contribution in [1.82, 2.24) is 0 Å². The van der Waals surface area contributed by atoms with Gasteiger partial charge in [0.1, 0.15) is 4.38 Å². The van der Waals surface area contributed by atoms with Gasteiger partial charge in [0.25, 0.3) is 5.91 Å². The molecule has 2 unspecified atom stereocenters. The van der Waals surface area contributed by atoms with Gasteiger partial charge >= 0.3 is 0 Å². The van der Waals surface area contributed by atoms with E-state index in [1.807, 2.05) is 20.1 Å². The number of nitrogens with zero attached hydrogens (tertiary/aromatic N) is 1. The lowest BCUT2D eigenvalue weighted by Gasteiger charge is -2.17. The van der Waals surface area contributed by atoms with Crippen molar-refractivity contribution < 1.29 is 4.79 Å². The first-order valence-corrected chi connectivity index (χ1v) is 9.18. The molecule has 4 heteroatoms. The van der Waals surface area contributed by atoms with Crippen molar-refractivity contribution in [3.8, 4) is 0 Å². The van der Waals surface area contributed by atoms with E-state index in [2.05, 4.69) is 43.1 Å². The number of thioether (sulfide) groups is 2. The molecule has 2 atom stereocenters. The fourth-order valence-corrected chi connectivity index (χ4v) is 3.73. The number of aliphatic imine (C=N–C) groups is 1. The lowest BCUT2D eigenvalue weighted by Crippen LogP contribution is -2.18. The van der Waals surface area contributed by atoms with Crippen LogP contribution in [0.5, 0.6) is 0 Å². The van der Waals surface area contributed by atoms with Crippen molar-refractivity contribution >= 4 is 33.8 Å². The number of amides is 1. The monoisotopic (exact) mass is 309 g/mol. The minimum absolute atomic E-state index is 0.0106. The molecule has 0 spiro atoms. The van der Waals surface area contributed by atoms with Crippen LogP contribution in [0.2, 0.25) is 0 Å². The summed E-state index contributed by atoms with van der Waals surface area (Å²) in [5.41, 5.74) is 2.55. The lowest BCUT2D eigenvalue weighted by atomic mass is 9.95. The average molecular weight is 310 g/mol. The van der Waals surface area contributed by atoms with E-state index in [9.17, 15) is 4.79 Å². The topological polar surface area (TPSA) is 29.4 Å². The molecule has 0 saturated carbocycles. The summed E-state index contributed by atoms with van der Waals surface area (Å²) in [6.07, 6.45) is 3.01. The Morgan fingerprint density at radius 3 is 2.35 bits per heavy atom. The molecule has 20 heavy (non-hydrogen) atoms. The Morgan fingerprint density at radius 2 is 1.90 bits per heavy atom. The van der Waals surface area contributed by atoms with E-state index in [4.69, 9.17) is 0 Å². The molecule has 0 saturated heterocycles. The Bertz CT molecular complexity index is 468. The summed E-state index contributed by atoms with van der Waals surface area (Å²) in [5, 5.41) is -0.0556. The normalized spacial score (nSPS) is 19.1. The standard InChI is InChI=1S/C14H17NOS2.C2H6/c1-4-10-5-7-11(8-6-10)9(2)12-13(16)15-14(17-3)18-12;1-2/h5-9,12H,4H2,1-3H3;1-2H3. The van der Waals surface area contributed by atoms with Crippen LogP contribution < -0.4 is 0 Å². The van der Waals surface area contributed by atoms with Crippen LogP contribution in [-0.4, -0.2) is 21.8 Å². The van der Waals surface area contributed by atoms with Crippen LogP contribution in [0.25, 0.3) is 0 Å². The zero-order valence-corrected chi connectivity index (χ0v) is 14.5. The SMILES string of the molecule is CC.CCc1ccc(C(C)C2SC(SC)=NC2=O)cc1. The maximum Gasteiger partial charge on any atom is 0.261 e. The number of aryl methyl sites for hydroxylation is 1. The third-order valence-corrected chi connectivity index (χ3v) is 5.60. The summed E-state index contributed by atoms with van der Waals surface area (Å²) in [5.74, 6) is 0.221. The van der Waals surface area contributed by atoms with Crippen molar-refractivity contribution in [2.75, 3.05) is 6.26 Å². The van der Waals surface area contributed by atoms with Gasteiger partial charge in [-0.3, -0.25) is 4.79 Å². The van der Waals surface area contributed by atoms with Crippen LogP contribution in [-0.2, 0) is 11.2 Å². The van der Waals surface area contributed by atoms with Gasteiger partial charge in [-0.05, 0) is 23.8 Å². The molecular formula is C16H23NOS2. The third-order valence-electron chi connectivity index (χ3n) is 3.22. The molecule has 0 N–H and O–H groups in total. The number of benzene rings is 1. The maximum absolute atomic E-state index is 11.9. The van der Waals surface area contributed by atoms with Gasteiger partial charge in [0.2, 0.25) is 0 Å². The Kier molecular flexibility index (Phi) is 7.38. The number of hydrogen-bond donors (Lipinski definition) is 0. The van der Waals surface area contributed by atoms with Gasteiger partial charge in [0.15, 0.2) is 0 Å². The first-order chi connectivity index (χ1) is 9.65. The highest BCUT2D eigenvalue weighted by Crippen LogP contribution is 2.37. The number of rotatable bonds is 3. The summed E-state index contributed by atoms with van der Waals surface area (Å²) in [4.78, 5) is 15.9. The van der Waals surface area contributed by atoms with Crippen molar-refractivity contribution in [3.63, 3.8) is 0 Å². The zero-order valence-electron chi connectivity index (χ0n) is 12.8. The summed E-state index contributed by atoms with van der Waals surface area (Å²) in [6, 6.07) is 8.56. The van der Waals surface area contributed by atoms with Crippen LogP contribution in [0.15, 0.2) is 29.3 Å². The van der Waals surface area contributed by atoms with Crippen LogP contribution >= 0.6 is 23.5 Å². The molecule has 2 nitrogen and oxygen atoms in total. The first kappa shape index (κ1) is 17.3. The highest BCUT2D eigenvalue weighted by Gasteiger charge is 2.33. The molecule has 1 aromatic rings. The fraction of sp³-hybridized carbons (Fsp3) is 0.500. The van der Waals surface area contributed by atoms with Crippen LogP contribution in [0.3, 0.4) is 0 Å². The summed E-state index contributed by atoms with van der Waals surface area (Å²) < 4.78 is 0.891. The van der Waals surface area contributed by atoms with Crippen LogP contribution in [0, 0.1) is 0 Å². The van der Waals surface area contributed by atoms with Gasteiger partial charge in [-0.15, -0.1) is 11.8 Å². The van der Waals surface area contributed by atoms with Gasteiger partial charge in [-0.25, -0.2) is 0 Å². The summed E-state index contributed by atoms with van der Waals surface area (Å²) >= 11 is 3.15. The molecule has 1 aliphatic heterocycles. The van der Waals surface area contributed by atoms with Crippen molar-refractivity contribution in [1.29, 1.82) is 0 Å². The molecule has 0 bridgehead atoms. The maximum atomic E-state index is 11.9. The molecule has 1 aliphatic rings. The molecule has 0 aromatic heterocycles. The molecule has 1 heterocycles. The summed E-state index contributed by atoms with van der Waals surface area (Å²) in [6.45, 7) is 8.25. The predicted octanol–water partition coefficient (Wildman–Crippen LogP) is 4.74. The third kappa shape index (κ3) is 4.13. The lowest BCUT2D eigenvalue weighted by molar-refractivity contribution is -0.117. The predicted molar refractivity (Wildman–Crippen MR) is 92.9 cm³/mol. The second-order valence-electron chi connectivity index (χ2n) is 4.34. The zero-order chi connectivity index (χ0) is 15.1. The van der Waals surface area contributed by atoms with E-state index in [1.165, 1.54) is 11.1 Å². The second-order valence-corrected chi connectivity index (χ2v) is 6.53. The van der Waals surface area contributed by atoms with E-state index in [-0.39, 0.29) is 17.1 Å². The average Bonchev–Trinajstić information content (AvgIpc) is 2.90. The number of carbonyl (C=O) groups excluding carboxylic acids is 1. The Balaban J connectivity index is 0.000000956. The second kappa shape index (κ2) is 8.53. The molecule has 0 radical (unpaired) electrons. The van der Waals surface area contributed by atoms with E-state index in [0.29, 0.717) is 0 Å². The van der Waals surface area contributed by atoms with Gasteiger partial charge in [-0.2, -0.15) is 4.99 Å². The van der Waals surface area contributed by atoms with Crippen LogP contribution in [0.4, 0.5) is 0 Å². The highest BCUT2D eigenvalue weighted by atomic mass is 32.2. The first-order valence-electron chi connectivity index (χ1n) is 7.07. The fourth-order valence-electron chi connectivity index (χ4n) is 1.98. The Morgan fingerprint density at radius 1 is 1.30 bits per heavy atom. The Hall–Kier alpha value is -0.740. The van der Waals surface area contributed by atoms with Gasteiger partial charge in [-0.1, -0.05) is 63.7 Å². The number of hydrogen-bond acceptors (Lipinski definition) is 3.